The van der Waals surface area contributed by atoms with Crippen LogP contribution in [0.25, 0.3) is 11.0 Å². The molecular formula is C59H85N9O19P3S5+. The van der Waals surface area contributed by atoms with Gasteiger partial charge in [0.2, 0.25) is 17.5 Å². The van der Waals surface area contributed by atoms with E-state index in [1.165, 1.54) is 50.2 Å². The molecule has 3 aliphatic rings. The Morgan fingerprint density at radius 1 is 0.947 bits per heavy atom. The predicted octanol–water partition coefficient (Wildman–Crippen LogP) is 8.28. The van der Waals surface area contributed by atoms with Gasteiger partial charge in [0.05, 0.1) is 41.6 Å². The van der Waals surface area contributed by atoms with Crippen molar-refractivity contribution in [2.45, 2.75) is 122 Å². The van der Waals surface area contributed by atoms with E-state index >= 15 is 0 Å². The summed E-state index contributed by atoms with van der Waals surface area (Å²) in [5, 5.41) is 8.54. The van der Waals surface area contributed by atoms with Crippen LogP contribution in [0.3, 0.4) is 0 Å². The van der Waals surface area contributed by atoms with Crippen LogP contribution in [0.1, 0.15) is 116 Å². The summed E-state index contributed by atoms with van der Waals surface area (Å²) in [6.07, 6.45) is 16.8. The van der Waals surface area contributed by atoms with Crippen molar-refractivity contribution in [2.24, 2.45) is 0 Å². The first kappa shape index (κ1) is 78.8. The highest BCUT2D eigenvalue weighted by Crippen LogP contribution is 2.66. The lowest BCUT2D eigenvalue weighted by Gasteiger charge is -2.25. The number of nitrogens with zero attached hydrogens (tertiary/aromatic N) is 4. The molecule has 0 aliphatic carbocycles. The Kier molecular flexibility index (Phi) is 30.4. The number of likely N-dealkylation sites (N-methyl/N-ethyl adjacent to an activating group) is 1. The van der Waals surface area contributed by atoms with Crippen LogP contribution in [0.4, 0.5) is 22.1 Å². The number of nitrogens with two attached hydrogens (primary N) is 1. The number of ether oxygens (including phenoxy) is 3. The van der Waals surface area contributed by atoms with Gasteiger partial charge >= 0.3 is 40.1 Å². The number of carbonyl (C=O) groups excluding carboxylic acids is 2. The number of nitrogen functional groups attached to an aromatic ring is 1. The van der Waals surface area contributed by atoms with Crippen LogP contribution >= 0.6 is 45.1 Å². The third-order valence-corrected chi connectivity index (χ3v) is 21.8. The van der Waals surface area contributed by atoms with Crippen LogP contribution in [-0.4, -0.2) is 151 Å². The minimum Gasteiger partial charge on any atom is -0.370 e. The van der Waals surface area contributed by atoms with Gasteiger partial charge in [0.25, 0.3) is 5.56 Å². The van der Waals surface area contributed by atoms with E-state index in [2.05, 4.69) is 170 Å². The molecule has 0 saturated carbocycles. The Morgan fingerprint density at radius 3 is 2.41 bits per heavy atom. The number of hydrogen-bond acceptors (Lipinski definition) is 21. The summed E-state index contributed by atoms with van der Waals surface area (Å²) in [7, 11) is -17.4. The summed E-state index contributed by atoms with van der Waals surface area (Å²) in [6.45, 7) is 16.0. The Bertz CT molecular complexity index is 3930. The van der Waals surface area contributed by atoms with E-state index < -0.39 is 80.2 Å². The Balaban J connectivity index is 0.00000324. The van der Waals surface area contributed by atoms with Crippen LogP contribution in [0.5, 0.6) is 0 Å². The van der Waals surface area contributed by atoms with Crippen molar-refractivity contribution >= 4 is 122 Å². The molecule has 0 spiro atoms. The smallest absolute Gasteiger partial charge is 0.370 e. The second-order valence-corrected chi connectivity index (χ2v) is 33.4. The number of benzene rings is 2. The molecule has 36 heteroatoms. The van der Waals surface area contributed by atoms with E-state index in [1.54, 1.807) is 27.8 Å². The zero-order valence-corrected chi connectivity index (χ0v) is 60.4. The first-order valence-electron chi connectivity index (χ1n) is 30.1. The van der Waals surface area contributed by atoms with Crippen LogP contribution in [0, 0.1) is 18.8 Å². The standard InChI is InChI=1S/C59H82N9O16P3S4.O3S.H2/c1-8-66-45-23-16-15-22-43(45)58(3,4)49(66)24-12-9-13-25-50-59(5,6)44-35-41(2)27-28-46(44)67(50)32-18-10-14-26-51(69)61-31-34-89-90-39-79-33-19-11-17-29-62-57(71)63-30-20-21-42-37-68(54-53(42)55(70)65-56(60)64-54)52-36-47(80-40-91(7)88)48(82-52)38-81-86(75,76)84-87(77,78)83-85(72,73)74;1-4(2)3;/h9,12-13,15-16,22-25,27-28,35,37,47-48,52H,8,10-11,14,17-19,26,29-34,36,38-40H2,1-7H3,(H9-,60,61,62,63,64,65,69,70,71,72,73,74,75,76,77,78);;1H/p+1/t47-,48+,52+,91?;;/m0../s1. The van der Waals surface area contributed by atoms with Crippen molar-refractivity contribution in [1.29, 1.82) is 0 Å². The molecule has 0 radical (unpaired) electrons. The zero-order valence-electron chi connectivity index (χ0n) is 53.6. The number of allylic oxidation sites excluding steroid dienone is 6. The average molecular weight is 1480 g/mol. The normalized spacial score (nSPS) is 19.2. The maximum atomic E-state index is 13.2. The van der Waals surface area contributed by atoms with Gasteiger partial charge in [-0.05, 0) is 101 Å². The minimum absolute atomic E-state index is 0. The van der Waals surface area contributed by atoms with Crippen molar-refractivity contribution < 1.29 is 88.8 Å². The van der Waals surface area contributed by atoms with Crippen LogP contribution in [0.2, 0.25) is 0 Å². The molecule has 95 heavy (non-hydrogen) atoms. The lowest BCUT2D eigenvalue weighted by molar-refractivity contribution is -0.438. The maximum absolute atomic E-state index is 13.2. The summed E-state index contributed by atoms with van der Waals surface area (Å²) >= 11 is 5.23. The quantitative estimate of drug-likeness (QED) is 0.00404. The van der Waals surface area contributed by atoms with Gasteiger partial charge in [0, 0.05) is 93.4 Å². The van der Waals surface area contributed by atoms with E-state index in [1.807, 2.05) is 0 Å². The van der Waals surface area contributed by atoms with Gasteiger partial charge in [-0.3, -0.25) is 19.1 Å². The highest BCUT2D eigenvalue weighted by Gasteiger charge is 2.46. The van der Waals surface area contributed by atoms with Crippen molar-refractivity contribution in [1.82, 2.24) is 30.5 Å². The molecule has 1 saturated heterocycles. The maximum Gasteiger partial charge on any atom is 0.490 e. The molecule has 10 N–H and O–H groups in total. The number of urea groups is 1. The fourth-order valence-corrected chi connectivity index (χ4v) is 16.1. The number of amides is 3. The minimum atomic E-state index is -5.78. The van der Waals surface area contributed by atoms with E-state index in [-0.39, 0.29) is 59.6 Å². The predicted molar refractivity (Wildman–Crippen MR) is 373 cm³/mol. The number of anilines is 2. The third-order valence-electron chi connectivity index (χ3n) is 15.2. The molecular weight excluding hydrogens is 1390 g/mol. The molecule has 0 bridgehead atoms. The van der Waals surface area contributed by atoms with Crippen molar-refractivity contribution in [3.63, 3.8) is 0 Å². The molecule has 3 amide bonds. The molecule has 4 aromatic rings. The van der Waals surface area contributed by atoms with E-state index in [0.29, 0.717) is 32.1 Å². The highest BCUT2D eigenvalue weighted by atomic mass is 33.1. The molecule has 1 fully saturated rings. The highest BCUT2D eigenvalue weighted by molar-refractivity contribution is 8.76. The zero-order chi connectivity index (χ0) is 69.7. The molecule has 28 nitrogen and oxygen atoms in total. The molecule has 5 heterocycles. The van der Waals surface area contributed by atoms with Crippen molar-refractivity contribution in [3.8, 4) is 11.8 Å². The summed E-state index contributed by atoms with van der Waals surface area (Å²) < 4.78 is 94.8. The second kappa shape index (κ2) is 36.6. The number of carbonyl (C=O) groups is 2. The van der Waals surface area contributed by atoms with E-state index in [9.17, 15) is 37.9 Å². The van der Waals surface area contributed by atoms with Gasteiger partial charge in [-0.2, -0.15) is 18.2 Å². The van der Waals surface area contributed by atoms with Gasteiger partial charge in [-0.15, -0.1) is 12.6 Å². The molecule has 2 aromatic heterocycles. The van der Waals surface area contributed by atoms with Crippen LogP contribution < -0.4 is 32.1 Å². The largest absolute Gasteiger partial charge is 0.490 e. The van der Waals surface area contributed by atoms with Crippen LogP contribution in [-0.2, 0) is 87.9 Å². The third kappa shape index (κ3) is 24.1. The van der Waals surface area contributed by atoms with Gasteiger partial charge in [-0.25, -0.2) is 18.5 Å². The summed E-state index contributed by atoms with van der Waals surface area (Å²) in [5.41, 5.74) is 14.3. The van der Waals surface area contributed by atoms with Crippen LogP contribution in [0.15, 0.2) is 89.5 Å². The molecule has 3 unspecified atom stereocenters. The number of aromatic amines is 1. The molecule has 7 rings (SSSR count). The number of aromatic nitrogens is 3. The number of rotatable bonds is 34. The monoisotopic (exact) mass is 1480 g/mol. The van der Waals surface area contributed by atoms with Gasteiger partial charge < -0.3 is 64.9 Å². The molecule has 6 atom stereocenters. The Hall–Kier alpha value is -5.17. The Labute approximate surface area is 570 Å². The number of unbranched alkanes of at least 4 members (excludes halogenated alkanes) is 4. The number of phosphoric acid groups is 3. The lowest BCUT2D eigenvalue weighted by atomic mass is 9.81. The fourth-order valence-electron chi connectivity index (χ4n) is 11.0. The first-order valence-corrected chi connectivity index (χ1v) is 40.9. The number of hydrogen-bond donors (Lipinski definition) is 9. The Morgan fingerprint density at radius 2 is 1.68 bits per heavy atom. The molecule has 2 aromatic carbocycles. The fraction of sp³-hybridized carbons (Fsp3) is 0.508. The van der Waals surface area contributed by atoms with Crippen molar-refractivity contribution in [3.05, 3.63) is 117 Å². The molecule has 524 valence electrons. The number of fused-ring (bicyclic) bond motifs is 3. The number of para-hydroxylation sites is 1. The first-order chi connectivity index (χ1) is 44.8. The van der Waals surface area contributed by atoms with Gasteiger partial charge in [0.1, 0.15) is 24.8 Å². The number of aryl methyl sites for hydroxylation is 1. The number of phosphoric ester groups is 1. The SMILES string of the molecule is CCN1\C(=C/C=C/C=C/C2=[N+](CCCCCC(=O)NCCSSCOCCCCCNC(=O)NCC#Cc3cn([C@H]4C[C@H](OCS(C)=S)[C@@H](COP(=O)(O)OP(=O)(O)OP(=O)(O)O)O4)c4nc(N)[nH]c(=O)c34)c3ccc(C)cc3C2(C)C)C(C)(C)c2ccccc21.O=S(=O)=O.[HH]. The lowest BCUT2D eigenvalue weighted by Crippen LogP contribution is -2.36. The number of H-pyrrole nitrogens is 1. The summed E-state index contributed by atoms with van der Waals surface area (Å²) in [4.78, 5) is 84.9. The van der Waals surface area contributed by atoms with E-state index in [0.717, 1.165) is 57.4 Å². The average Bonchev–Trinajstić information content (AvgIpc) is 1.62. The van der Waals surface area contributed by atoms with Crippen molar-refractivity contribution in [2.75, 3.05) is 80.5 Å². The molecule has 3 aliphatic heterocycles. The summed E-state index contributed by atoms with van der Waals surface area (Å²) in [6, 6.07) is 15.0. The topological polar surface area (TPSA) is 392 Å². The second-order valence-electron chi connectivity index (χ2n) is 22.9. The van der Waals surface area contributed by atoms with Gasteiger partial charge in [0.15, 0.2) is 11.4 Å². The number of nitrogens with one attached hydrogen (secondary N) is 4. The van der Waals surface area contributed by atoms with E-state index in [4.69, 9.17) is 58.1 Å². The summed E-state index contributed by atoms with van der Waals surface area (Å²) in [5.74, 6) is 6.86. The van der Waals surface area contributed by atoms with Gasteiger partial charge in [-0.1, -0.05) is 105 Å².